The minimum absolute atomic E-state index is 0.504. The third-order valence-corrected chi connectivity index (χ3v) is 5.82. The van der Waals surface area contributed by atoms with E-state index in [1.54, 1.807) is 0 Å². The summed E-state index contributed by atoms with van der Waals surface area (Å²) in [5, 5.41) is 14.6. The summed E-state index contributed by atoms with van der Waals surface area (Å²) in [7, 11) is 0. The summed E-state index contributed by atoms with van der Waals surface area (Å²) >= 11 is 5.83. The van der Waals surface area contributed by atoms with E-state index in [1.165, 1.54) is 44.5 Å². The van der Waals surface area contributed by atoms with E-state index < -0.39 is 0 Å². The van der Waals surface area contributed by atoms with Gasteiger partial charge in [-0.2, -0.15) is 0 Å². The smallest absolute Gasteiger partial charge is 0.0407 e. The largest absolute Gasteiger partial charge is 0.383 e. The van der Waals surface area contributed by atoms with Crippen LogP contribution >= 0.6 is 11.6 Å². The van der Waals surface area contributed by atoms with E-state index in [0.717, 1.165) is 16.8 Å². The van der Waals surface area contributed by atoms with Crippen LogP contribution in [0.4, 0.5) is 11.4 Å². The average molecular weight is 415 g/mol. The number of hydrogen-bond acceptors (Lipinski definition) is 4. The number of anilines is 2. The molecular formula is C24H35ClN4. The average Bonchev–Trinajstić information content (AvgIpc) is 2.65. The topological polar surface area (TPSA) is 48.1 Å². The molecule has 5 heteroatoms. The van der Waals surface area contributed by atoms with Crippen LogP contribution in [0.1, 0.15) is 39.5 Å². The molecule has 0 radical (unpaired) electrons. The maximum Gasteiger partial charge on any atom is 0.0407 e. The predicted molar refractivity (Wildman–Crippen MR) is 126 cm³/mol. The molecule has 0 aromatic heterocycles. The SMILES string of the molecule is C[C@@H](CC1CCN1)Nc1ccc(Cl)cc1.C[C@@H](CC1CCN1)Nc1ccccc1. The maximum absolute atomic E-state index is 5.83. The van der Waals surface area contributed by atoms with E-state index >= 15 is 0 Å². The van der Waals surface area contributed by atoms with Crippen LogP contribution < -0.4 is 21.3 Å². The van der Waals surface area contributed by atoms with Gasteiger partial charge in [0.25, 0.3) is 0 Å². The molecule has 2 aromatic carbocycles. The molecule has 4 rings (SSSR count). The normalized spacial score (nSPS) is 22.2. The molecule has 0 saturated carbocycles. The molecular weight excluding hydrogens is 380 g/mol. The number of hydrogen-bond donors (Lipinski definition) is 4. The van der Waals surface area contributed by atoms with Gasteiger partial charge in [0.05, 0.1) is 0 Å². The fraction of sp³-hybridized carbons (Fsp3) is 0.500. The second-order valence-electron chi connectivity index (χ2n) is 8.31. The summed E-state index contributed by atoms with van der Waals surface area (Å²) in [5.41, 5.74) is 2.37. The second-order valence-corrected chi connectivity index (χ2v) is 8.75. The molecule has 2 aromatic rings. The Morgan fingerprint density at radius 1 is 0.793 bits per heavy atom. The van der Waals surface area contributed by atoms with Gasteiger partial charge in [-0.3, -0.25) is 0 Å². The van der Waals surface area contributed by atoms with E-state index in [4.69, 9.17) is 11.6 Å². The molecule has 29 heavy (non-hydrogen) atoms. The van der Waals surface area contributed by atoms with Crippen molar-refractivity contribution >= 4 is 23.0 Å². The Labute approximate surface area is 180 Å². The molecule has 0 amide bonds. The molecule has 2 fully saturated rings. The zero-order chi connectivity index (χ0) is 20.5. The maximum atomic E-state index is 5.83. The summed E-state index contributed by atoms with van der Waals surface area (Å²) in [6, 6.07) is 20.8. The van der Waals surface area contributed by atoms with Crippen LogP contribution in [0.2, 0.25) is 5.02 Å². The third kappa shape index (κ3) is 7.88. The van der Waals surface area contributed by atoms with Gasteiger partial charge >= 0.3 is 0 Å². The molecule has 4 N–H and O–H groups in total. The van der Waals surface area contributed by atoms with Crippen LogP contribution in [0.25, 0.3) is 0 Å². The zero-order valence-corrected chi connectivity index (χ0v) is 18.4. The summed E-state index contributed by atoms with van der Waals surface area (Å²) < 4.78 is 0. The summed E-state index contributed by atoms with van der Waals surface area (Å²) in [6.07, 6.45) is 5.05. The number of rotatable bonds is 8. The summed E-state index contributed by atoms with van der Waals surface area (Å²) in [6.45, 7) is 6.84. The van der Waals surface area contributed by atoms with Crippen molar-refractivity contribution in [1.29, 1.82) is 0 Å². The van der Waals surface area contributed by atoms with Gasteiger partial charge in [0.2, 0.25) is 0 Å². The Morgan fingerprint density at radius 3 is 1.66 bits per heavy atom. The van der Waals surface area contributed by atoms with Crippen LogP contribution in [-0.2, 0) is 0 Å². The minimum atomic E-state index is 0.504. The minimum Gasteiger partial charge on any atom is -0.383 e. The van der Waals surface area contributed by atoms with Gasteiger partial charge in [0.15, 0.2) is 0 Å². The molecule has 4 atom stereocenters. The highest BCUT2D eigenvalue weighted by molar-refractivity contribution is 6.30. The number of halogens is 1. The van der Waals surface area contributed by atoms with Gasteiger partial charge in [0, 0.05) is 40.6 Å². The van der Waals surface area contributed by atoms with Crippen LogP contribution in [0, 0.1) is 0 Å². The first-order chi connectivity index (χ1) is 14.1. The van der Waals surface area contributed by atoms with E-state index in [9.17, 15) is 0 Å². The molecule has 2 unspecified atom stereocenters. The van der Waals surface area contributed by atoms with Crippen LogP contribution in [0.3, 0.4) is 0 Å². The van der Waals surface area contributed by atoms with Gasteiger partial charge < -0.3 is 21.3 Å². The molecule has 158 valence electrons. The monoisotopic (exact) mass is 414 g/mol. The standard InChI is InChI=1S/C12H17ClN2.C12H18N2/c1-9(8-12-6-7-14-12)15-11-4-2-10(13)3-5-11;1-10(9-12-7-8-13-12)14-11-5-3-2-4-6-11/h2-5,9,12,14-15H,6-8H2,1H3;2-6,10,12-14H,7-9H2,1H3/t9-,12?;10-,12?/m00/s1. The van der Waals surface area contributed by atoms with Crippen LogP contribution in [0.15, 0.2) is 54.6 Å². The van der Waals surface area contributed by atoms with Gasteiger partial charge in [-0.25, -0.2) is 0 Å². The van der Waals surface area contributed by atoms with Crippen molar-refractivity contribution in [3.05, 3.63) is 59.6 Å². The summed E-state index contributed by atoms with van der Waals surface area (Å²) in [5.74, 6) is 0. The lowest BCUT2D eigenvalue weighted by atomic mass is 9.99. The highest BCUT2D eigenvalue weighted by atomic mass is 35.5. The Hall–Kier alpha value is -1.75. The predicted octanol–water partition coefficient (Wildman–Crippen LogP) is 5.13. The quantitative estimate of drug-likeness (QED) is 0.483. The number of para-hydroxylation sites is 1. The van der Waals surface area contributed by atoms with Crippen LogP contribution in [-0.4, -0.2) is 37.3 Å². The van der Waals surface area contributed by atoms with E-state index in [2.05, 4.69) is 59.4 Å². The highest BCUT2D eigenvalue weighted by Crippen LogP contribution is 2.17. The molecule has 2 heterocycles. The Bertz CT molecular complexity index is 699. The van der Waals surface area contributed by atoms with Gasteiger partial charge in [-0.05, 0) is 89.0 Å². The lowest BCUT2D eigenvalue weighted by Gasteiger charge is -2.30. The van der Waals surface area contributed by atoms with E-state index in [1.807, 2.05) is 30.3 Å². The van der Waals surface area contributed by atoms with Crippen LogP contribution in [0.5, 0.6) is 0 Å². The van der Waals surface area contributed by atoms with Crippen molar-refractivity contribution < 1.29 is 0 Å². The first-order valence-corrected chi connectivity index (χ1v) is 11.3. The number of nitrogens with one attached hydrogen (secondary N) is 4. The molecule has 2 aliphatic heterocycles. The van der Waals surface area contributed by atoms with Gasteiger partial charge in [-0.1, -0.05) is 29.8 Å². The molecule has 0 bridgehead atoms. The van der Waals surface area contributed by atoms with Crippen molar-refractivity contribution in [3.63, 3.8) is 0 Å². The Balaban J connectivity index is 0.000000166. The molecule has 2 saturated heterocycles. The fourth-order valence-electron chi connectivity index (χ4n) is 3.72. The second kappa shape index (κ2) is 11.4. The molecule has 4 nitrogen and oxygen atoms in total. The fourth-order valence-corrected chi connectivity index (χ4v) is 3.85. The van der Waals surface area contributed by atoms with Crippen molar-refractivity contribution in [2.45, 2.75) is 63.7 Å². The van der Waals surface area contributed by atoms with Gasteiger partial charge in [0.1, 0.15) is 0 Å². The lowest BCUT2D eigenvalue weighted by Crippen LogP contribution is -2.45. The highest BCUT2D eigenvalue weighted by Gasteiger charge is 2.19. The van der Waals surface area contributed by atoms with Crippen molar-refractivity contribution in [2.75, 3.05) is 23.7 Å². The third-order valence-electron chi connectivity index (χ3n) is 5.57. The Morgan fingerprint density at radius 2 is 1.24 bits per heavy atom. The first-order valence-electron chi connectivity index (χ1n) is 10.9. The van der Waals surface area contributed by atoms with Crippen molar-refractivity contribution in [1.82, 2.24) is 10.6 Å². The van der Waals surface area contributed by atoms with Crippen molar-refractivity contribution in [2.24, 2.45) is 0 Å². The van der Waals surface area contributed by atoms with Crippen molar-refractivity contribution in [3.8, 4) is 0 Å². The zero-order valence-electron chi connectivity index (χ0n) is 17.6. The molecule has 0 aliphatic carbocycles. The first kappa shape index (κ1) is 21.9. The lowest BCUT2D eigenvalue weighted by molar-refractivity contribution is 0.339. The molecule has 2 aliphatic rings. The Kier molecular flexibility index (Phi) is 8.66. The van der Waals surface area contributed by atoms with Gasteiger partial charge in [-0.15, -0.1) is 0 Å². The molecule has 0 spiro atoms. The van der Waals surface area contributed by atoms with E-state index in [0.29, 0.717) is 18.1 Å². The van der Waals surface area contributed by atoms with E-state index in [-0.39, 0.29) is 0 Å². The summed E-state index contributed by atoms with van der Waals surface area (Å²) in [4.78, 5) is 0. The number of benzene rings is 2.